The Hall–Kier alpha value is -0.840. The normalized spacial score (nSPS) is 16.4. The second kappa shape index (κ2) is 6.36. The van der Waals surface area contributed by atoms with Gasteiger partial charge < -0.3 is 10.6 Å². The summed E-state index contributed by atoms with van der Waals surface area (Å²) in [6, 6.07) is 0.512. The Balaban J connectivity index is 2.04. The van der Waals surface area contributed by atoms with Crippen LogP contribution in [-0.2, 0) is 0 Å². The zero-order valence-electron chi connectivity index (χ0n) is 11.0. The number of nitrogens with one attached hydrogen (secondary N) is 2. The van der Waals surface area contributed by atoms with Crippen LogP contribution in [0.25, 0.3) is 0 Å². The van der Waals surface area contributed by atoms with Crippen molar-refractivity contribution in [3.63, 3.8) is 0 Å². The van der Waals surface area contributed by atoms with Crippen molar-refractivity contribution in [2.75, 3.05) is 17.2 Å². The molecule has 2 rings (SSSR count). The van der Waals surface area contributed by atoms with Gasteiger partial charge in [-0.1, -0.05) is 19.8 Å². The van der Waals surface area contributed by atoms with Crippen LogP contribution in [0.3, 0.4) is 0 Å². The summed E-state index contributed by atoms with van der Waals surface area (Å²) < 4.78 is 0.932. The highest BCUT2D eigenvalue weighted by atomic mass is 79.9. The van der Waals surface area contributed by atoms with Gasteiger partial charge in [-0.3, -0.25) is 0 Å². The quantitative estimate of drug-likeness (QED) is 0.806. The average molecular weight is 313 g/mol. The first-order valence-electron chi connectivity index (χ1n) is 6.75. The largest absolute Gasteiger partial charge is 0.369 e. The molecule has 100 valence electrons. The highest BCUT2D eigenvalue weighted by molar-refractivity contribution is 9.10. The highest BCUT2D eigenvalue weighted by Gasteiger charge is 2.25. The summed E-state index contributed by atoms with van der Waals surface area (Å²) in [6.07, 6.45) is 6.78. The van der Waals surface area contributed by atoms with Crippen LogP contribution in [-0.4, -0.2) is 22.6 Å². The van der Waals surface area contributed by atoms with E-state index >= 15 is 0 Å². The summed E-state index contributed by atoms with van der Waals surface area (Å²) in [7, 11) is 0. The smallest absolute Gasteiger partial charge is 0.146 e. The van der Waals surface area contributed by atoms with Gasteiger partial charge in [-0.15, -0.1) is 0 Å². The van der Waals surface area contributed by atoms with Crippen LogP contribution in [0.2, 0.25) is 0 Å². The molecular formula is C13H21BrN4. The van der Waals surface area contributed by atoms with Gasteiger partial charge in [0.05, 0.1) is 0 Å². The number of nitrogens with zero attached hydrogens (tertiary/aromatic N) is 2. The third-order valence-corrected chi connectivity index (χ3v) is 4.03. The van der Waals surface area contributed by atoms with E-state index in [4.69, 9.17) is 0 Å². The second-order valence-corrected chi connectivity index (χ2v) is 5.64. The van der Waals surface area contributed by atoms with Gasteiger partial charge in [0.25, 0.3) is 0 Å². The van der Waals surface area contributed by atoms with Crippen molar-refractivity contribution in [1.29, 1.82) is 0 Å². The maximum Gasteiger partial charge on any atom is 0.146 e. The van der Waals surface area contributed by atoms with Crippen LogP contribution in [0, 0.1) is 5.92 Å². The van der Waals surface area contributed by atoms with Crippen LogP contribution in [0.1, 0.15) is 39.5 Å². The van der Waals surface area contributed by atoms with Crippen LogP contribution < -0.4 is 10.6 Å². The zero-order valence-corrected chi connectivity index (χ0v) is 12.6. The minimum Gasteiger partial charge on any atom is -0.369 e. The predicted octanol–water partition coefficient (Wildman–Crippen LogP) is 3.66. The number of halogens is 1. The molecule has 1 heterocycles. The van der Waals surface area contributed by atoms with Gasteiger partial charge in [-0.25, -0.2) is 9.97 Å². The van der Waals surface area contributed by atoms with Crippen LogP contribution in [0.5, 0.6) is 0 Å². The van der Waals surface area contributed by atoms with Gasteiger partial charge in [0.1, 0.15) is 22.4 Å². The zero-order chi connectivity index (χ0) is 13.0. The standard InChI is InChI=1S/C13H21BrN4/c1-3-10(7-9-5-6-9)18-13-11(14)12(15-4-2)16-8-17-13/h8-10H,3-7H2,1-2H3,(H2,15,16,17,18). The van der Waals surface area contributed by atoms with Crippen molar-refractivity contribution in [1.82, 2.24) is 9.97 Å². The van der Waals surface area contributed by atoms with Crippen molar-refractivity contribution in [3.8, 4) is 0 Å². The number of rotatable bonds is 7. The maximum absolute atomic E-state index is 4.33. The minimum absolute atomic E-state index is 0.512. The molecule has 0 aliphatic heterocycles. The van der Waals surface area contributed by atoms with E-state index in [0.29, 0.717) is 6.04 Å². The van der Waals surface area contributed by atoms with Crippen LogP contribution in [0.4, 0.5) is 11.6 Å². The lowest BCUT2D eigenvalue weighted by atomic mass is 10.1. The van der Waals surface area contributed by atoms with Gasteiger partial charge in [-0.05, 0) is 41.6 Å². The minimum atomic E-state index is 0.512. The van der Waals surface area contributed by atoms with Crippen molar-refractivity contribution < 1.29 is 0 Å². The molecule has 1 aromatic heterocycles. The van der Waals surface area contributed by atoms with Crippen molar-refractivity contribution in [3.05, 3.63) is 10.8 Å². The highest BCUT2D eigenvalue weighted by Crippen LogP contribution is 2.35. The van der Waals surface area contributed by atoms with Gasteiger partial charge >= 0.3 is 0 Å². The number of anilines is 2. The van der Waals surface area contributed by atoms with E-state index in [1.165, 1.54) is 19.3 Å². The summed E-state index contributed by atoms with van der Waals surface area (Å²) in [6.45, 7) is 5.14. The summed E-state index contributed by atoms with van der Waals surface area (Å²) in [4.78, 5) is 8.55. The molecule has 1 atom stereocenters. The molecule has 0 spiro atoms. The van der Waals surface area contributed by atoms with E-state index in [0.717, 1.165) is 35.0 Å². The lowest BCUT2D eigenvalue weighted by Crippen LogP contribution is -2.20. The van der Waals surface area contributed by atoms with E-state index in [2.05, 4.69) is 50.4 Å². The van der Waals surface area contributed by atoms with E-state index < -0.39 is 0 Å². The summed E-state index contributed by atoms with van der Waals surface area (Å²) in [5, 5.41) is 6.75. The lowest BCUT2D eigenvalue weighted by Gasteiger charge is -2.19. The van der Waals surface area contributed by atoms with Crippen LogP contribution in [0.15, 0.2) is 10.8 Å². The Bertz CT molecular complexity index is 393. The molecular weight excluding hydrogens is 292 g/mol. The second-order valence-electron chi connectivity index (χ2n) is 4.84. The molecule has 0 radical (unpaired) electrons. The molecule has 1 aliphatic rings. The molecule has 1 saturated carbocycles. The van der Waals surface area contributed by atoms with E-state index in [-0.39, 0.29) is 0 Å². The third-order valence-electron chi connectivity index (χ3n) is 3.28. The number of hydrogen-bond acceptors (Lipinski definition) is 4. The Kier molecular flexibility index (Phi) is 4.80. The summed E-state index contributed by atoms with van der Waals surface area (Å²) in [5.41, 5.74) is 0. The topological polar surface area (TPSA) is 49.8 Å². The molecule has 0 aromatic carbocycles. The number of hydrogen-bond donors (Lipinski definition) is 2. The Morgan fingerprint density at radius 2 is 2.06 bits per heavy atom. The fourth-order valence-electron chi connectivity index (χ4n) is 2.04. The summed E-state index contributed by atoms with van der Waals surface area (Å²) >= 11 is 3.57. The summed E-state index contributed by atoms with van der Waals surface area (Å²) in [5.74, 6) is 2.68. The van der Waals surface area contributed by atoms with Gasteiger partial charge in [-0.2, -0.15) is 0 Å². The Labute approximate surface area is 117 Å². The molecule has 0 bridgehead atoms. The first-order valence-corrected chi connectivity index (χ1v) is 7.54. The van der Waals surface area contributed by atoms with Crippen molar-refractivity contribution in [2.24, 2.45) is 5.92 Å². The fraction of sp³-hybridized carbons (Fsp3) is 0.692. The van der Waals surface area contributed by atoms with E-state index in [9.17, 15) is 0 Å². The maximum atomic E-state index is 4.33. The molecule has 5 heteroatoms. The van der Waals surface area contributed by atoms with Crippen LogP contribution >= 0.6 is 15.9 Å². The van der Waals surface area contributed by atoms with Crippen molar-refractivity contribution >= 4 is 27.6 Å². The SMILES string of the molecule is CCNc1ncnc(NC(CC)CC2CC2)c1Br. The lowest BCUT2D eigenvalue weighted by molar-refractivity contribution is 0.584. The molecule has 4 nitrogen and oxygen atoms in total. The van der Waals surface area contributed by atoms with E-state index in [1.54, 1.807) is 6.33 Å². The first-order chi connectivity index (χ1) is 8.74. The molecule has 0 amide bonds. The third kappa shape index (κ3) is 3.57. The monoisotopic (exact) mass is 312 g/mol. The molecule has 2 N–H and O–H groups in total. The van der Waals surface area contributed by atoms with Gasteiger partial charge in [0.2, 0.25) is 0 Å². The molecule has 0 saturated heterocycles. The number of aromatic nitrogens is 2. The fourth-order valence-corrected chi connectivity index (χ4v) is 2.50. The van der Waals surface area contributed by atoms with Gasteiger partial charge in [0, 0.05) is 12.6 Å². The predicted molar refractivity (Wildman–Crippen MR) is 78.9 cm³/mol. The molecule has 1 aromatic rings. The first kappa shape index (κ1) is 13.6. The van der Waals surface area contributed by atoms with Crippen molar-refractivity contribution in [2.45, 2.75) is 45.6 Å². The molecule has 1 aliphatic carbocycles. The van der Waals surface area contributed by atoms with E-state index in [1.807, 2.05) is 0 Å². The molecule has 18 heavy (non-hydrogen) atoms. The molecule has 1 fully saturated rings. The average Bonchev–Trinajstić information content (AvgIpc) is 3.17. The Morgan fingerprint density at radius 1 is 1.33 bits per heavy atom. The van der Waals surface area contributed by atoms with Gasteiger partial charge in [0.15, 0.2) is 0 Å². The Morgan fingerprint density at radius 3 is 2.67 bits per heavy atom. The molecule has 1 unspecified atom stereocenters.